The summed E-state index contributed by atoms with van der Waals surface area (Å²) < 4.78 is 5.62. The van der Waals surface area contributed by atoms with E-state index in [0.29, 0.717) is 29.2 Å². The standard InChI is InChI=1S/C29H38N4O10/c1-3-5-6-7-20(22(4-2)33(42)17-34)27(38)30-16-31-28(39)24-14-13-23(43-24)18-8-10-19(11-9-18)26(37)32-21(29(40)41)12-15-25(35)36/h8-11,13-14,17,20-22,42H,3-7,12,15-16H2,1-2H3,(H,30,38)(H,31,39)(H,32,37)(H,35,36)(H,40,41). The number of rotatable bonds is 19. The van der Waals surface area contributed by atoms with E-state index in [2.05, 4.69) is 16.0 Å². The topological polar surface area (TPSA) is 216 Å². The molecular formula is C29H38N4O10. The van der Waals surface area contributed by atoms with Crippen molar-refractivity contribution >= 4 is 36.1 Å². The van der Waals surface area contributed by atoms with Gasteiger partial charge in [0, 0.05) is 17.5 Å². The Balaban J connectivity index is 1.97. The highest BCUT2D eigenvalue weighted by molar-refractivity contribution is 5.97. The van der Waals surface area contributed by atoms with Gasteiger partial charge in [0.15, 0.2) is 5.76 Å². The van der Waals surface area contributed by atoms with Crippen LogP contribution in [0.1, 0.15) is 79.7 Å². The van der Waals surface area contributed by atoms with Gasteiger partial charge in [-0.05, 0) is 43.5 Å². The van der Waals surface area contributed by atoms with E-state index in [1.54, 1.807) is 13.0 Å². The highest BCUT2D eigenvalue weighted by Crippen LogP contribution is 2.23. The SMILES string of the molecule is CCCCCC(C(=O)NCNC(=O)c1ccc(-c2ccc(C(=O)NC(CCC(=O)O)C(=O)O)cc2)o1)C(CC)N(O)C=O. The van der Waals surface area contributed by atoms with Gasteiger partial charge in [0.25, 0.3) is 11.8 Å². The number of hydroxylamine groups is 2. The van der Waals surface area contributed by atoms with Crippen LogP contribution in [0.3, 0.4) is 0 Å². The Hall–Kier alpha value is -4.72. The quantitative estimate of drug-likeness (QED) is 0.0454. The van der Waals surface area contributed by atoms with Gasteiger partial charge in [-0.25, -0.2) is 9.86 Å². The Bertz CT molecular complexity index is 1260. The average molecular weight is 603 g/mol. The zero-order chi connectivity index (χ0) is 31.9. The van der Waals surface area contributed by atoms with Gasteiger partial charge >= 0.3 is 11.9 Å². The molecule has 3 atom stereocenters. The van der Waals surface area contributed by atoms with Crippen LogP contribution in [0.15, 0.2) is 40.8 Å². The van der Waals surface area contributed by atoms with Gasteiger partial charge in [0.1, 0.15) is 11.8 Å². The number of carbonyl (C=O) groups excluding carboxylic acids is 4. The van der Waals surface area contributed by atoms with Gasteiger partial charge in [-0.3, -0.25) is 29.2 Å². The van der Waals surface area contributed by atoms with Crippen LogP contribution in [0, 0.1) is 5.92 Å². The second-order valence-electron chi connectivity index (χ2n) is 9.82. The number of hydrogen-bond donors (Lipinski definition) is 6. The number of hydrogen-bond acceptors (Lipinski definition) is 8. The number of carboxylic acids is 2. The zero-order valence-corrected chi connectivity index (χ0v) is 24.1. The summed E-state index contributed by atoms with van der Waals surface area (Å²) >= 11 is 0. The van der Waals surface area contributed by atoms with Crippen molar-refractivity contribution in [3.63, 3.8) is 0 Å². The molecule has 0 radical (unpaired) electrons. The molecule has 2 aromatic rings. The fourth-order valence-electron chi connectivity index (χ4n) is 4.44. The molecule has 0 aliphatic carbocycles. The van der Waals surface area contributed by atoms with Crippen LogP contribution >= 0.6 is 0 Å². The number of carbonyl (C=O) groups is 6. The van der Waals surface area contributed by atoms with E-state index in [1.165, 1.54) is 30.3 Å². The minimum atomic E-state index is -1.36. The molecule has 6 N–H and O–H groups in total. The number of amides is 4. The van der Waals surface area contributed by atoms with Crippen LogP contribution in [0.4, 0.5) is 0 Å². The van der Waals surface area contributed by atoms with Crippen molar-refractivity contribution in [3.8, 4) is 11.3 Å². The number of aliphatic carboxylic acids is 2. The third kappa shape index (κ3) is 10.6. The van der Waals surface area contributed by atoms with E-state index in [4.69, 9.17) is 9.52 Å². The molecule has 0 aliphatic heterocycles. The number of carboxylic acid groups (broad SMARTS) is 2. The van der Waals surface area contributed by atoms with Gasteiger partial charge in [-0.15, -0.1) is 0 Å². The highest BCUT2D eigenvalue weighted by Gasteiger charge is 2.30. The Morgan fingerprint density at radius 2 is 1.63 bits per heavy atom. The van der Waals surface area contributed by atoms with Crippen molar-refractivity contribution in [1.29, 1.82) is 0 Å². The average Bonchev–Trinajstić information content (AvgIpc) is 3.49. The Kier molecular flexibility index (Phi) is 13.9. The van der Waals surface area contributed by atoms with Gasteiger partial charge in [0.2, 0.25) is 12.3 Å². The number of nitrogens with one attached hydrogen (secondary N) is 3. The minimum absolute atomic E-state index is 0.0396. The van der Waals surface area contributed by atoms with Gasteiger partial charge in [-0.1, -0.05) is 45.2 Å². The maximum atomic E-state index is 12.9. The molecule has 1 aromatic carbocycles. The number of benzene rings is 1. The fraction of sp³-hybridized carbons (Fsp3) is 0.448. The molecule has 14 nitrogen and oxygen atoms in total. The normalized spacial score (nSPS) is 12.8. The van der Waals surface area contributed by atoms with Crippen molar-refractivity contribution in [1.82, 2.24) is 21.0 Å². The van der Waals surface area contributed by atoms with E-state index >= 15 is 0 Å². The first-order valence-electron chi connectivity index (χ1n) is 14.0. The monoisotopic (exact) mass is 602 g/mol. The van der Waals surface area contributed by atoms with Crippen LogP contribution in [0.5, 0.6) is 0 Å². The highest BCUT2D eigenvalue weighted by atomic mass is 16.5. The summed E-state index contributed by atoms with van der Waals surface area (Å²) in [4.78, 5) is 71.1. The van der Waals surface area contributed by atoms with Crippen molar-refractivity contribution < 1.29 is 48.6 Å². The molecule has 0 saturated carbocycles. The third-order valence-electron chi connectivity index (χ3n) is 6.81. The summed E-state index contributed by atoms with van der Waals surface area (Å²) in [6.07, 6.45) is 2.97. The first-order valence-corrected chi connectivity index (χ1v) is 14.0. The van der Waals surface area contributed by atoms with Crippen molar-refractivity contribution in [2.24, 2.45) is 5.92 Å². The first-order chi connectivity index (χ1) is 20.5. The molecule has 2 rings (SSSR count). The van der Waals surface area contributed by atoms with E-state index in [9.17, 15) is 39.1 Å². The molecule has 4 amide bonds. The Morgan fingerprint density at radius 3 is 2.21 bits per heavy atom. The molecule has 1 heterocycles. The molecule has 0 saturated heterocycles. The molecule has 1 aromatic heterocycles. The van der Waals surface area contributed by atoms with Crippen LogP contribution in [0.25, 0.3) is 11.3 Å². The lowest BCUT2D eigenvalue weighted by atomic mass is 9.90. The largest absolute Gasteiger partial charge is 0.481 e. The molecule has 0 fully saturated rings. The minimum Gasteiger partial charge on any atom is -0.481 e. The van der Waals surface area contributed by atoms with Crippen LogP contribution < -0.4 is 16.0 Å². The van der Waals surface area contributed by atoms with E-state index in [-0.39, 0.29) is 30.8 Å². The fourth-order valence-corrected chi connectivity index (χ4v) is 4.44. The van der Waals surface area contributed by atoms with Crippen LogP contribution in [-0.2, 0) is 19.2 Å². The molecule has 0 aliphatic rings. The lowest BCUT2D eigenvalue weighted by Gasteiger charge is -2.29. The summed E-state index contributed by atoms with van der Waals surface area (Å²) in [5.41, 5.74) is 0.662. The number of unbranched alkanes of at least 4 members (excludes halogenated alkanes) is 2. The predicted molar refractivity (Wildman–Crippen MR) is 152 cm³/mol. The first kappa shape index (κ1) is 34.5. The number of furan rings is 1. The Labute approximate surface area is 248 Å². The second kappa shape index (κ2) is 17.3. The van der Waals surface area contributed by atoms with Gasteiger partial charge in [-0.2, -0.15) is 0 Å². The van der Waals surface area contributed by atoms with Gasteiger partial charge in [0.05, 0.1) is 18.6 Å². The Morgan fingerprint density at radius 1 is 0.930 bits per heavy atom. The van der Waals surface area contributed by atoms with Gasteiger partial charge < -0.3 is 30.6 Å². The molecule has 0 spiro atoms. The smallest absolute Gasteiger partial charge is 0.326 e. The molecule has 14 heteroatoms. The van der Waals surface area contributed by atoms with Crippen molar-refractivity contribution in [2.45, 2.75) is 70.9 Å². The maximum Gasteiger partial charge on any atom is 0.326 e. The lowest BCUT2D eigenvalue weighted by molar-refractivity contribution is -0.168. The number of nitrogens with zero attached hydrogens (tertiary/aromatic N) is 1. The van der Waals surface area contributed by atoms with E-state index < -0.39 is 54.1 Å². The molecule has 43 heavy (non-hydrogen) atoms. The molecule has 234 valence electrons. The summed E-state index contributed by atoms with van der Waals surface area (Å²) in [6, 6.07) is 6.84. The molecule has 0 bridgehead atoms. The van der Waals surface area contributed by atoms with Crippen LogP contribution in [-0.4, -0.2) is 75.3 Å². The molecular weight excluding hydrogens is 564 g/mol. The predicted octanol–water partition coefficient (Wildman–Crippen LogP) is 2.62. The van der Waals surface area contributed by atoms with E-state index in [1.807, 2.05) is 6.92 Å². The van der Waals surface area contributed by atoms with Crippen molar-refractivity contribution in [3.05, 3.63) is 47.7 Å². The summed E-state index contributed by atoms with van der Waals surface area (Å²) in [5.74, 6) is -4.63. The third-order valence-corrected chi connectivity index (χ3v) is 6.81. The van der Waals surface area contributed by atoms with E-state index in [0.717, 1.165) is 19.3 Å². The summed E-state index contributed by atoms with van der Waals surface area (Å²) in [6.45, 7) is 3.57. The van der Waals surface area contributed by atoms with Crippen molar-refractivity contribution in [2.75, 3.05) is 6.67 Å². The molecule has 3 unspecified atom stereocenters. The summed E-state index contributed by atoms with van der Waals surface area (Å²) in [5, 5.41) is 35.9. The summed E-state index contributed by atoms with van der Waals surface area (Å²) in [7, 11) is 0. The zero-order valence-electron chi connectivity index (χ0n) is 24.1. The lowest BCUT2D eigenvalue weighted by Crippen LogP contribution is -2.47. The van der Waals surface area contributed by atoms with Crippen LogP contribution in [0.2, 0.25) is 0 Å². The second-order valence-corrected chi connectivity index (χ2v) is 9.82. The maximum absolute atomic E-state index is 12.9.